The van der Waals surface area contributed by atoms with Crippen molar-refractivity contribution in [2.75, 3.05) is 0 Å². The molecule has 0 amide bonds. The summed E-state index contributed by atoms with van der Waals surface area (Å²) in [4.78, 5) is 4.93. The van der Waals surface area contributed by atoms with Crippen LogP contribution in [0.4, 0.5) is 0 Å². The molecule has 0 atom stereocenters. The zero-order valence-corrected chi connectivity index (χ0v) is 10.2. The minimum Gasteiger partial charge on any atom is -0.277 e. The summed E-state index contributed by atoms with van der Waals surface area (Å²) in [6.07, 6.45) is 3.61. The Morgan fingerprint density at radius 2 is 2.12 bits per heavy atom. The molecule has 4 nitrogen and oxygen atoms in total. The van der Waals surface area contributed by atoms with Crippen molar-refractivity contribution in [1.29, 1.82) is 0 Å². The standard InChI is InChI=1S/C11H7ClN4S/c12-9-7-8(4-5-13-9)17-11-15-14-10-3-1-2-6-16(10)11/h1-7H. The first-order valence-corrected chi connectivity index (χ1v) is 6.11. The monoisotopic (exact) mass is 262 g/mol. The molecule has 3 heterocycles. The van der Waals surface area contributed by atoms with Gasteiger partial charge in [-0.15, -0.1) is 10.2 Å². The molecular formula is C11H7ClN4S. The van der Waals surface area contributed by atoms with E-state index in [1.165, 1.54) is 11.8 Å². The number of halogens is 1. The third kappa shape index (κ3) is 2.11. The largest absolute Gasteiger partial charge is 0.277 e. The summed E-state index contributed by atoms with van der Waals surface area (Å²) >= 11 is 7.34. The van der Waals surface area contributed by atoms with Gasteiger partial charge in [-0.3, -0.25) is 4.40 Å². The van der Waals surface area contributed by atoms with E-state index < -0.39 is 0 Å². The molecule has 0 N–H and O–H groups in total. The van der Waals surface area contributed by atoms with Gasteiger partial charge in [0, 0.05) is 17.3 Å². The number of fused-ring (bicyclic) bond motifs is 1. The first-order chi connectivity index (χ1) is 8.33. The molecule has 0 saturated carbocycles. The van der Waals surface area contributed by atoms with E-state index in [0.29, 0.717) is 5.15 Å². The summed E-state index contributed by atoms with van der Waals surface area (Å²) in [7, 11) is 0. The van der Waals surface area contributed by atoms with Crippen LogP contribution in [0.15, 0.2) is 52.8 Å². The molecule has 0 unspecified atom stereocenters. The van der Waals surface area contributed by atoms with Crippen molar-refractivity contribution < 1.29 is 0 Å². The molecule has 0 bridgehead atoms. The quantitative estimate of drug-likeness (QED) is 0.666. The van der Waals surface area contributed by atoms with Gasteiger partial charge in [0.15, 0.2) is 10.8 Å². The lowest BCUT2D eigenvalue weighted by Crippen LogP contribution is -1.86. The van der Waals surface area contributed by atoms with Gasteiger partial charge in [-0.25, -0.2) is 4.98 Å². The molecule has 17 heavy (non-hydrogen) atoms. The van der Waals surface area contributed by atoms with Gasteiger partial charge in [0.2, 0.25) is 0 Å². The van der Waals surface area contributed by atoms with E-state index in [1.807, 2.05) is 34.9 Å². The van der Waals surface area contributed by atoms with Gasteiger partial charge >= 0.3 is 0 Å². The fourth-order valence-corrected chi connectivity index (χ4v) is 2.53. The summed E-state index contributed by atoms with van der Waals surface area (Å²) in [5.74, 6) is 0. The van der Waals surface area contributed by atoms with E-state index >= 15 is 0 Å². The smallest absolute Gasteiger partial charge is 0.200 e. The van der Waals surface area contributed by atoms with Gasteiger partial charge in [0.05, 0.1) is 0 Å². The SMILES string of the molecule is Clc1cc(Sc2nnc3ccccn23)ccn1. The van der Waals surface area contributed by atoms with Crippen LogP contribution in [0.1, 0.15) is 0 Å². The zero-order chi connectivity index (χ0) is 11.7. The van der Waals surface area contributed by atoms with Gasteiger partial charge < -0.3 is 0 Å². The number of aromatic nitrogens is 4. The van der Waals surface area contributed by atoms with Gasteiger partial charge in [-0.1, -0.05) is 17.7 Å². The molecule has 0 spiro atoms. The average molecular weight is 263 g/mol. The highest BCUT2D eigenvalue weighted by Crippen LogP contribution is 2.27. The molecule has 0 fully saturated rings. The molecular weight excluding hydrogens is 256 g/mol. The van der Waals surface area contributed by atoms with E-state index in [2.05, 4.69) is 15.2 Å². The molecule has 0 aliphatic rings. The Kier molecular flexibility index (Phi) is 2.70. The lowest BCUT2D eigenvalue weighted by atomic mass is 10.5. The van der Waals surface area contributed by atoms with Crippen molar-refractivity contribution in [1.82, 2.24) is 19.6 Å². The Morgan fingerprint density at radius 1 is 1.18 bits per heavy atom. The van der Waals surface area contributed by atoms with Crippen LogP contribution >= 0.6 is 23.4 Å². The fraction of sp³-hybridized carbons (Fsp3) is 0. The van der Waals surface area contributed by atoms with Crippen molar-refractivity contribution in [3.8, 4) is 0 Å². The van der Waals surface area contributed by atoms with E-state index in [9.17, 15) is 0 Å². The third-order valence-corrected chi connectivity index (χ3v) is 3.35. The minimum atomic E-state index is 0.476. The molecule has 3 aromatic heterocycles. The van der Waals surface area contributed by atoms with E-state index in [-0.39, 0.29) is 0 Å². The molecule has 0 radical (unpaired) electrons. The predicted octanol–water partition coefficient (Wildman–Crippen LogP) is 2.93. The molecule has 0 aliphatic carbocycles. The fourth-order valence-electron chi connectivity index (χ4n) is 1.44. The second-order valence-electron chi connectivity index (χ2n) is 3.33. The second-order valence-corrected chi connectivity index (χ2v) is 4.76. The van der Waals surface area contributed by atoms with Crippen molar-refractivity contribution in [2.24, 2.45) is 0 Å². The van der Waals surface area contributed by atoms with Crippen LogP contribution in [-0.4, -0.2) is 19.6 Å². The number of nitrogens with zero attached hydrogens (tertiary/aromatic N) is 4. The Bertz CT molecular complexity index is 667. The van der Waals surface area contributed by atoms with Gasteiger partial charge in [0.25, 0.3) is 0 Å². The van der Waals surface area contributed by atoms with Crippen LogP contribution < -0.4 is 0 Å². The molecule has 0 aromatic carbocycles. The Labute approximate surface area is 107 Å². The van der Waals surface area contributed by atoms with Crippen molar-refractivity contribution in [3.05, 3.63) is 47.9 Å². The van der Waals surface area contributed by atoms with E-state index in [4.69, 9.17) is 11.6 Å². The number of hydrogen-bond acceptors (Lipinski definition) is 4. The summed E-state index contributed by atoms with van der Waals surface area (Å²) in [5, 5.41) is 9.50. The predicted molar refractivity (Wildman–Crippen MR) is 66.4 cm³/mol. The first-order valence-electron chi connectivity index (χ1n) is 4.92. The average Bonchev–Trinajstić information content (AvgIpc) is 2.73. The zero-order valence-electron chi connectivity index (χ0n) is 8.62. The summed E-state index contributed by atoms with van der Waals surface area (Å²) in [5.41, 5.74) is 0.829. The lowest BCUT2D eigenvalue weighted by Gasteiger charge is -1.99. The minimum absolute atomic E-state index is 0.476. The van der Waals surface area contributed by atoms with E-state index in [0.717, 1.165) is 15.7 Å². The number of pyridine rings is 2. The van der Waals surface area contributed by atoms with Crippen LogP contribution in [0.25, 0.3) is 5.65 Å². The van der Waals surface area contributed by atoms with Crippen LogP contribution in [0.2, 0.25) is 5.15 Å². The van der Waals surface area contributed by atoms with Crippen molar-refractivity contribution in [2.45, 2.75) is 10.1 Å². The van der Waals surface area contributed by atoms with Crippen molar-refractivity contribution >= 4 is 29.0 Å². The Morgan fingerprint density at radius 3 is 3.00 bits per heavy atom. The molecule has 3 rings (SSSR count). The topological polar surface area (TPSA) is 43.1 Å². The molecule has 6 heteroatoms. The molecule has 84 valence electrons. The maximum Gasteiger partial charge on any atom is 0.200 e. The highest BCUT2D eigenvalue weighted by atomic mass is 35.5. The van der Waals surface area contributed by atoms with Gasteiger partial charge in [0.1, 0.15) is 5.15 Å². The highest BCUT2D eigenvalue weighted by molar-refractivity contribution is 7.99. The van der Waals surface area contributed by atoms with Gasteiger partial charge in [-0.2, -0.15) is 0 Å². The van der Waals surface area contributed by atoms with Crippen LogP contribution in [0.3, 0.4) is 0 Å². The summed E-state index contributed by atoms with van der Waals surface area (Å²) in [6.45, 7) is 0. The Balaban J connectivity index is 2.00. The number of rotatable bonds is 2. The maximum absolute atomic E-state index is 5.84. The van der Waals surface area contributed by atoms with Crippen LogP contribution in [0.5, 0.6) is 0 Å². The molecule has 0 saturated heterocycles. The second kappa shape index (κ2) is 4.35. The first kappa shape index (κ1) is 10.6. The summed E-state index contributed by atoms with van der Waals surface area (Å²) in [6, 6.07) is 9.48. The normalized spacial score (nSPS) is 10.9. The van der Waals surface area contributed by atoms with Crippen molar-refractivity contribution in [3.63, 3.8) is 0 Å². The maximum atomic E-state index is 5.84. The third-order valence-electron chi connectivity index (χ3n) is 2.19. The van der Waals surface area contributed by atoms with Crippen LogP contribution in [-0.2, 0) is 0 Å². The van der Waals surface area contributed by atoms with Crippen LogP contribution in [0, 0.1) is 0 Å². The lowest BCUT2D eigenvalue weighted by molar-refractivity contribution is 0.921. The number of hydrogen-bond donors (Lipinski definition) is 0. The van der Waals surface area contributed by atoms with Gasteiger partial charge in [-0.05, 0) is 36.0 Å². The molecule has 0 aliphatic heterocycles. The Hall–Kier alpha value is -1.59. The van der Waals surface area contributed by atoms with E-state index in [1.54, 1.807) is 12.3 Å². The molecule has 3 aromatic rings. The highest BCUT2D eigenvalue weighted by Gasteiger charge is 2.06. The summed E-state index contributed by atoms with van der Waals surface area (Å²) < 4.78 is 1.93.